The van der Waals surface area contributed by atoms with Crippen LogP contribution in [0.15, 0.2) is 30.3 Å². The van der Waals surface area contributed by atoms with Crippen LogP contribution in [-0.2, 0) is 18.9 Å². The molecule has 0 spiro atoms. The molecule has 0 saturated carbocycles. The van der Waals surface area contributed by atoms with E-state index in [1.165, 1.54) is 0 Å². The van der Waals surface area contributed by atoms with Gasteiger partial charge in [-0.3, -0.25) is 10.9 Å². The molecule has 12 heteroatoms. The first-order chi connectivity index (χ1) is 12.9. The lowest BCUT2D eigenvalue weighted by Gasteiger charge is -2.17. The molecular weight excluding hydrogens is 414 g/mol. The Morgan fingerprint density at radius 2 is 1.79 bits per heavy atom. The molecule has 0 atom stereocenters. The van der Waals surface area contributed by atoms with E-state index in [-0.39, 0.29) is 12.6 Å². The highest BCUT2D eigenvalue weighted by molar-refractivity contribution is 6.33. The summed E-state index contributed by atoms with van der Waals surface area (Å²) in [5.74, 6) is -0.785. The number of nitrogens with zero attached hydrogens (tertiary/aromatic N) is 1. The highest BCUT2D eigenvalue weighted by Crippen LogP contribution is 2.41. The molecule has 0 aliphatic rings. The molecule has 0 radical (unpaired) electrons. The first-order valence-corrected chi connectivity index (χ1v) is 7.96. The summed E-state index contributed by atoms with van der Waals surface area (Å²) in [5.41, 5.74) is 1.47. The van der Waals surface area contributed by atoms with Crippen molar-refractivity contribution < 1.29 is 31.1 Å². The molecule has 2 rings (SSSR count). The molecule has 0 aliphatic heterocycles. The average molecular weight is 427 g/mol. The quantitative estimate of drug-likeness (QED) is 0.481. The molecule has 0 aliphatic carbocycles. The summed E-state index contributed by atoms with van der Waals surface area (Å²) < 4.78 is 77.1. The zero-order valence-corrected chi connectivity index (χ0v) is 14.9. The molecule has 2 aromatic rings. The minimum Gasteiger partial charge on any atom is -0.333 e. The van der Waals surface area contributed by atoms with Crippen molar-refractivity contribution in [3.05, 3.63) is 57.7 Å². The Labute approximate surface area is 160 Å². The number of amides is 2. The van der Waals surface area contributed by atoms with Crippen molar-refractivity contribution >= 4 is 23.4 Å². The smallest absolute Gasteiger partial charge is 0.333 e. The fourth-order valence-electron chi connectivity index (χ4n) is 2.17. The van der Waals surface area contributed by atoms with Crippen molar-refractivity contribution in [3.8, 4) is 0 Å². The van der Waals surface area contributed by atoms with E-state index in [4.69, 9.17) is 11.6 Å². The topological polar surface area (TPSA) is 66.1 Å². The second-order valence-electron chi connectivity index (χ2n) is 5.63. The summed E-state index contributed by atoms with van der Waals surface area (Å²) in [6, 6.07) is 6.40. The number of halogens is 7. The number of anilines is 1. The molecule has 1 aromatic heterocycles. The second kappa shape index (κ2) is 8.13. The third-order valence-electron chi connectivity index (χ3n) is 3.38. The molecule has 152 valence electrons. The highest BCUT2D eigenvalue weighted by atomic mass is 35.5. The standard InChI is InChI=1S/C16H13ClF6N4O/c1-8-3-2-4-9(5-8)7-24-14(28)27-26-13-11(17)6-10(15(18,19)20)12(25-13)16(21,22)23/h2-6H,7H2,1H3,(H,25,26)(H2,24,27,28). The number of aryl methyl sites for hydroxylation is 1. The number of nitrogens with one attached hydrogen (secondary N) is 3. The molecule has 0 fully saturated rings. The fraction of sp³-hybridized carbons (Fsp3) is 0.250. The van der Waals surface area contributed by atoms with Gasteiger partial charge in [-0.05, 0) is 18.6 Å². The molecule has 2 amide bonds. The summed E-state index contributed by atoms with van der Waals surface area (Å²) in [4.78, 5) is 14.6. The Balaban J connectivity index is 2.10. The van der Waals surface area contributed by atoms with Gasteiger partial charge in [-0.1, -0.05) is 41.4 Å². The number of hydrazine groups is 1. The van der Waals surface area contributed by atoms with Crippen molar-refractivity contribution in [2.24, 2.45) is 0 Å². The van der Waals surface area contributed by atoms with Crippen LogP contribution in [0.3, 0.4) is 0 Å². The van der Waals surface area contributed by atoms with E-state index in [9.17, 15) is 31.1 Å². The van der Waals surface area contributed by atoms with Gasteiger partial charge in [0.15, 0.2) is 11.5 Å². The molecule has 0 bridgehead atoms. The maximum Gasteiger partial charge on any atom is 0.434 e. The Kier molecular flexibility index (Phi) is 6.27. The summed E-state index contributed by atoms with van der Waals surface area (Å²) >= 11 is 5.57. The summed E-state index contributed by atoms with van der Waals surface area (Å²) in [7, 11) is 0. The van der Waals surface area contributed by atoms with E-state index in [0.717, 1.165) is 11.1 Å². The highest BCUT2D eigenvalue weighted by Gasteiger charge is 2.45. The number of alkyl halides is 6. The normalized spacial score (nSPS) is 11.9. The van der Waals surface area contributed by atoms with Gasteiger partial charge < -0.3 is 5.32 Å². The summed E-state index contributed by atoms with van der Waals surface area (Å²) in [5, 5.41) is 1.66. The minimum absolute atomic E-state index is 0.0893. The van der Waals surface area contributed by atoms with Gasteiger partial charge in [0.2, 0.25) is 0 Å². The van der Waals surface area contributed by atoms with Gasteiger partial charge >= 0.3 is 18.4 Å². The molecule has 1 heterocycles. The number of aromatic nitrogens is 1. The Bertz CT molecular complexity index is 869. The Morgan fingerprint density at radius 3 is 2.36 bits per heavy atom. The molecule has 28 heavy (non-hydrogen) atoms. The predicted molar refractivity (Wildman–Crippen MR) is 89.4 cm³/mol. The van der Waals surface area contributed by atoms with Crippen molar-refractivity contribution in [2.45, 2.75) is 25.8 Å². The maximum atomic E-state index is 12.9. The number of pyridine rings is 1. The number of carbonyl (C=O) groups is 1. The molecule has 1 aromatic carbocycles. The fourth-order valence-corrected chi connectivity index (χ4v) is 2.37. The van der Waals surface area contributed by atoms with E-state index in [0.29, 0.717) is 0 Å². The van der Waals surface area contributed by atoms with Gasteiger partial charge in [-0.15, -0.1) is 0 Å². The van der Waals surface area contributed by atoms with Crippen LogP contribution in [0, 0.1) is 6.92 Å². The number of hydrogen-bond donors (Lipinski definition) is 3. The van der Waals surface area contributed by atoms with Crippen molar-refractivity contribution in [2.75, 3.05) is 5.43 Å². The average Bonchev–Trinajstić information content (AvgIpc) is 2.57. The van der Waals surface area contributed by atoms with Crippen LogP contribution in [0.1, 0.15) is 22.4 Å². The Morgan fingerprint density at radius 1 is 1.11 bits per heavy atom. The molecule has 0 unspecified atom stereocenters. The van der Waals surface area contributed by atoms with E-state index in [1.807, 2.05) is 23.8 Å². The van der Waals surface area contributed by atoms with E-state index >= 15 is 0 Å². The van der Waals surface area contributed by atoms with Crippen LogP contribution < -0.4 is 16.2 Å². The lowest BCUT2D eigenvalue weighted by atomic mass is 10.1. The predicted octanol–water partition coefficient (Wildman–Crippen LogP) is 4.91. The lowest BCUT2D eigenvalue weighted by Crippen LogP contribution is -2.39. The van der Waals surface area contributed by atoms with Crippen LogP contribution in [0.4, 0.5) is 37.0 Å². The van der Waals surface area contributed by atoms with Gasteiger partial charge in [-0.2, -0.15) is 26.3 Å². The summed E-state index contributed by atoms with van der Waals surface area (Å²) in [6.45, 7) is 1.96. The summed E-state index contributed by atoms with van der Waals surface area (Å²) in [6.07, 6.45) is -10.7. The largest absolute Gasteiger partial charge is 0.434 e. The van der Waals surface area contributed by atoms with Crippen LogP contribution >= 0.6 is 11.6 Å². The van der Waals surface area contributed by atoms with Crippen molar-refractivity contribution in [1.29, 1.82) is 0 Å². The zero-order valence-electron chi connectivity index (χ0n) is 14.1. The monoisotopic (exact) mass is 426 g/mol. The van der Waals surface area contributed by atoms with E-state index in [2.05, 4.69) is 10.3 Å². The van der Waals surface area contributed by atoms with Crippen LogP contribution in [0.5, 0.6) is 0 Å². The third-order valence-corrected chi connectivity index (χ3v) is 3.67. The van der Waals surface area contributed by atoms with Crippen LogP contribution in [0.2, 0.25) is 5.02 Å². The number of rotatable bonds is 4. The number of benzene rings is 1. The minimum atomic E-state index is -5.38. The molecule has 5 nitrogen and oxygen atoms in total. The number of carbonyl (C=O) groups excluding carboxylic acids is 1. The van der Waals surface area contributed by atoms with Crippen molar-refractivity contribution in [3.63, 3.8) is 0 Å². The van der Waals surface area contributed by atoms with Gasteiger partial charge in [0.25, 0.3) is 0 Å². The Hall–Kier alpha value is -2.69. The molecular formula is C16H13ClF6N4O. The van der Waals surface area contributed by atoms with Crippen molar-refractivity contribution in [1.82, 2.24) is 15.7 Å². The molecule has 3 N–H and O–H groups in total. The van der Waals surface area contributed by atoms with Gasteiger partial charge in [0, 0.05) is 6.54 Å². The van der Waals surface area contributed by atoms with Gasteiger partial charge in [0.1, 0.15) is 0 Å². The van der Waals surface area contributed by atoms with Crippen LogP contribution in [-0.4, -0.2) is 11.0 Å². The molecule has 0 saturated heterocycles. The maximum absolute atomic E-state index is 12.9. The third kappa shape index (κ3) is 5.65. The number of hydrogen-bond acceptors (Lipinski definition) is 3. The van der Waals surface area contributed by atoms with Crippen LogP contribution in [0.25, 0.3) is 0 Å². The van der Waals surface area contributed by atoms with Gasteiger partial charge in [0.05, 0.1) is 10.6 Å². The second-order valence-corrected chi connectivity index (χ2v) is 6.04. The SMILES string of the molecule is Cc1cccc(CNC(=O)NNc2nc(C(F)(F)F)c(C(F)(F)F)cc2Cl)c1. The number of urea groups is 1. The zero-order chi connectivity index (χ0) is 21.1. The van der Waals surface area contributed by atoms with E-state index < -0.39 is 40.5 Å². The lowest BCUT2D eigenvalue weighted by molar-refractivity contribution is -0.164. The first kappa shape index (κ1) is 21.6. The van der Waals surface area contributed by atoms with Gasteiger partial charge in [-0.25, -0.2) is 9.78 Å². The first-order valence-electron chi connectivity index (χ1n) is 7.58. The van der Waals surface area contributed by atoms with E-state index in [1.54, 1.807) is 18.2 Å².